The van der Waals surface area contributed by atoms with Crippen molar-refractivity contribution < 1.29 is 4.79 Å². The van der Waals surface area contributed by atoms with Crippen molar-refractivity contribution in [3.8, 4) is 0 Å². The molecule has 2 nitrogen and oxygen atoms in total. The number of nitrogens with zero attached hydrogens (tertiary/aromatic N) is 1. The predicted octanol–water partition coefficient (Wildman–Crippen LogP) is 3.37. The van der Waals surface area contributed by atoms with Crippen molar-refractivity contribution in [2.24, 2.45) is 5.92 Å². The SMILES string of the molecule is CCSC(=O)N(CC)CC1CCCC1. The third-order valence-corrected chi connectivity index (χ3v) is 3.65. The Morgan fingerprint density at radius 2 is 2.00 bits per heavy atom. The second kappa shape index (κ2) is 6.33. The Kier molecular flexibility index (Phi) is 5.38. The van der Waals surface area contributed by atoms with Gasteiger partial charge in [-0.05, 0) is 31.4 Å². The quantitative estimate of drug-likeness (QED) is 0.716. The van der Waals surface area contributed by atoms with E-state index in [-0.39, 0.29) is 5.24 Å². The van der Waals surface area contributed by atoms with Crippen LogP contribution in [0.3, 0.4) is 0 Å². The molecule has 0 unspecified atom stereocenters. The maximum Gasteiger partial charge on any atom is 0.281 e. The number of thioether (sulfide) groups is 1. The summed E-state index contributed by atoms with van der Waals surface area (Å²) < 4.78 is 0. The van der Waals surface area contributed by atoms with Gasteiger partial charge in [0.25, 0.3) is 5.24 Å². The van der Waals surface area contributed by atoms with Crippen molar-refractivity contribution >= 4 is 17.0 Å². The van der Waals surface area contributed by atoms with Crippen molar-refractivity contribution in [2.75, 3.05) is 18.8 Å². The van der Waals surface area contributed by atoms with Gasteiger partial charge in [-0.25, -0.2) is 0 Å². The van der Waals surface area contributed by atoms with Gasteiger partial charge in [0.15, 0.2) is 0 Å². The summed E-state index contributed by atoms with van der Waals surface area (Å²) in [6, 6.07) is 0. The largest absolute Gasteiger partial charge is 0.334 e. The van der Waals surface area contributed by atoms with Gasteiger partial charge in [0, 0.05) is 13.1 Å². The second-order valence-corrected chi connectivity index (χ2v) is 5.10. The fourth-order valence-corrected chi connectivity index (χ4v) is 2.69. The highest BCUT2D eigenvalue weighted by atomic mass is 32.2. The van der Waals surface area contributed by atoms with E-state index in [9.17, 15) is 4.79 Å². The first-order valence-corrected chi connectivity index (χ1v) is 6.68. The van der Waals surface area contributed by atoms with Crippen LogP contribution >= 0.6 is 11.8 Å². The first-order chi connectivity index (χ1) is 6.77. The van der Waals surface area contributed by atoms with Crippen molar-refractivity contribution in [3.63, 3.8) is 0 Å². The summed E-state index contributed by atoms with van der Waals surface area (Å²) in [7, 11) is 0. The molecule has 0 atom stereocenters. The van der Waals surface area contributed by atoms with Crippen molar-refractivity contribution in [1.82, 2.24) is 4.90 Å². The number of carbonyl (C=O) groups excluding carboxylic acids is 1. The van der Waals surface area contributed by atoms with Crippen molar-refractivity contribution in [2.45, 2.75) is 39.5 Å². The molecule has 0 aromatic heterocycles. The van der Waals surface area contributed by atoms with E-state index >= 15 is 0 Å². The molecule has 0 spiro atoms. The third-order valence-electron chi connectivity index (χ3n) is 2.86. The van der Waals surface area contributed by atoms with E-state index in [0.29, 0.717) is 0 Å². The molecule has 0 N–H and O–H groups in total. The van der Waals surface area contributed by atoms with Gasteiger partial charge < -0.3 is 4.90 Å². The van der Waals surface area contributed by atoms with Crippen LogP contribution < -0.4 is 0 Å². The number of hydrogen-bond acceptors (Lipinski definition) is 2. The molecule has 14 heavy (non-hydrogen) atoms. The molecule has 1 amide bonds. The van der Waals surface area contributed by atoms with Gasteiger partial charge in [0.2, 0.25) is 0 Å². The topological polar surface area (TPSA) is 20.3 Å². The fourth-order valence-electron chi connectivity index (χ4n) is 2.05. The van der Waals surface area contributed by atoms with Gasteiger partial charge >= 0.3 is 0 Å². The molecule has 1 rings (SSSR count). The van der Waals surface area contributed by atoms with E-state index in [0.717, 1.165) is 24.8 Å². The summed E-state index contributed by atoms with van der Waals surface area (Å²) in [5, 5.41) is 0.266. The Labute approximate surface area is 91.4 Å². The van der Waals surface area contributed by atoms with E-state index < -0.39 is 0 Å². The van der Waals surface area contributed by atoms with E-state index in [1.54, 1.807) is 0 Å². The summed E-state index contributed by atoms with van der Waals surface area (Å²) in [4.78, 5) is 13.7. The molecular formula is C11H21NOS. The molecule has 1 aliphatic carbocycles. The lowest BCUT2D eigenvalue weighted by Crippen LogP contribution is -2.32. The van der Waals surface area contributed by atoms with Gasteiger partial charge in [0.1, 0.15) is 0 Å². The Morgan fingerprint density at radius 1 is 1.36 bits per heavy atom. The molecule has 1 aliphatic rings. The molecule has 0 heterocycles. The maximum atomic E-state index is 11.7. The van der Waals surface area contributed by atoms with Crippen LogP contribution in [0.1, 0.15) is 39.5 Å². The number of carbonyl (C=O) groups is 1. The minimum atomic E-state index is 0.266. The van der Waals surface area contributed by atoms with Crippen LogP contribution in [0.15, 0.2) is 0 Å². The Balaban J connectivity index is 2.33. The van der Waals surface area contributed by atoms with Gasteiger partial charge in [-0.3, -0.25) is 4.79 Å². The van der Waals surface area contributed by atoms with Gasteiger partial charge in [-0.2, -0.15) is 0 Å². The zero-order chi connectivity index (χ0) is 10.4. The number of rotatable bonds is 4. The van der Waals surface area contributed by atoms with Gasteiger partial charge in [0.05, 0.1) is 0 Å². The predicted molar refractivity (Wildman–Crippen MR) is 62.7 cm³/mol. The molecule has 1 fully saturated rings. The van der Waals surface area contributed by atoms with Crippen LogP contribution in [-0.2, 0) is 0 Å². The molecule has 82 valence electrons. The molecule has 0 bridgehead atoms. The molecule has 0 saturated heterocycles. The van der Waals surface area contributed by atoms with Gasteiger partial charge in [-0.1, -0.05) is 31.5 Å². The van der Waals surface area contributed by atoms with E-state index in [4.69, 9.17) is 0 Å². The van der Waals surface area contributed by atoms with Crippen LogP contribution in [0.25, 0.3) is 0 Å². The minimum absolute atomic E-state index is 0.266. The van der Waals surface area contributed by atoms with E-state index in [2.05, 4.69) is 6.92 Å². The Hall–Kier alpha value is -0.180. The normalized spacial score (nSPS) is 17.3. The molecular weight excluding hydrogens is 194 g/mol. The molecule has 3 heteroatoms. The number of amides is 1. The summed E-state index contributed by atoms with van der Waals surface area (Å²) in [5.41, 5.74) is 0. The Bertz CT molecular complexity index is 178. The molecule has 1 saturated carbocycles. The van der Waals surface area contributed by atoms with Crippen LogP contribution in [0.2, 0.25) is 0 Å². The minimum Gasteiger partial charge on any atom is -0.334 e. The monoisotopic (exact) mass is 215 g/mol. The second-order valence-electron chi connectivity index (χ2n) is 3.89. The zero-order valence-electron chi connectivity index (χ0n) is 9.29. The zero-order valence-corrected chi connectivity index (χ0v) is 10.1. The Morgan fingerprint density at radius 3 is 2.50 bits per heavy atom. The smallest absolute Gasteiger partial charge is 0.281 e. The molecule has 0 aliphatic heterocycles. The summed E-state index contributed by atoms with van der Waals surface area (Å²) >= 11 is 1.43. The lowest BCUT2D eigenvalue weighted by Gasteiger charge is -2.23. The summed E-state index contributed by atoms with van der Waals surface area (Å²) in [5.74, 6) is 1.66. The first kappa shape index (κ1) is 11.9. The van der Waals surface area contributed by atoms with Crippen LogP contribution in [0.4, 0.5) is 4.79 Å². The highest BCUT2D eigenvalue weighted by molar-refractivity contribution is 8.13. The molecule has 0 radical (unpaired) electrons. The standard InChI is InChI=1S/C11H21NOS/c1-3-12(11(13)14-4-2)9-10-7-5-6-8-10/h10H,3-9H2,1-2H3. The lowest BCUT2D eigenvalue weighted by atomic mass is 10.1. The fraction of sp³-hybridized carbons (Fsp3) is 0.909. The van der Waals surface area contributed by atoms with Crippen LogP contribution in [-0.4, -0.2) is 29.0 Å². The summed E-state index contributed by atoms with van der Waals surface area (Å²) in [6.45, 7) is 5.96. The molecule has 0 aromatic carbocycles. The van der Waals surface area contributed by atoms with Crippen molar-refractivity contribution in [1.29, 1.82) is 0 Å². The average Bonchev–Trinajstić information content (AvgIpc) is 2.66. The molecule has 0 aromatic rings. The van der Waals surface area contributed by atoms with Crippen LogP contribution in [0.5, 0.6) is 0 Å². The lowest BCUT2D eigenvalue weighted by molar-refractivity contribution is 0.216. The van der Waals surface area contributed by atoms with Crippen molar-refractivity contribution in [3.05, 3.63) is 0 Å². The summed E-state index contributed by atoms with van der Waals surface area (Å²) in [6.07, 6.45) is 5.36. The van der Waals surface area contributed by atoms with E-state index in [1.165, 1.54) is 37.4 Å². The highest BCUT2D eigenvalue weighted by Crippen LogP contribution is 2.26. The average molecular weight is 215 g/mol. The van der Waals surface area contributed by atoms with Gasteiger partial charge in [-0.15, -0.1) is 0 Å². The van der Waals surface area contributed by atoms with E-state index in [1.807, 2.05) is 11.8 Å². The van der Waals surface area contributed by atoms with Crippen LogP contribution in [0, 0.1) is 5.92 Å². The highest BCUT2D eigenvalue weighted by Gasteiger charge is 2.20. The first-order valence-electron chi connectivity index (χ1n) is 5.69. The number of hydrogen-bond donors (Lipinski definition) is 0. The maximum absolute atomic E-state index is 11.7. The third kappa shape index (κ3) is 3.52.